The van der Waals surface area contributed by atoms with Crippen molar-refractivity contribution in [2.24, 2.45) is 0 Å². The van der Waals surface area contributed by atoms with Gasteiger partial charge in [-0.05, 0) is 40.8 Å². The van der Waals surface area contributed by atoms with Crippen molar-refractivity contribution < 1.29 is 4.39 Å². The van der Waals surface area contributed by atoms with Crippen LogP contribution in [0.15, 0.2) is 30.7 Å². The van der Waals surface area contributed by atoms with Crippen molar-refractivity contribution in [3.63, 3.8) is 0 Å². The van der Waals surface area contributed by atoms with Gasteiger partial charge in [0, 0.05) is 6.20 Å². The second kappa shape index (κ2) is 3.95. The Morgan fingerprint density at radius 2 is 2.07 bits per heavy atom. The van der Waals surface area contributed by atoms with Crippen molar-refractivity contribution >= 4 is 22.6 Å². The molecule has 0 spiro atoms. The SMILES string of the molecule is Fc1ncccc1-c1cc(I)ncn1. The van der Waals surface area contributed by atoms with Crippen LogP contribution in [0.5, 0.6) is 0 Å². The maximum atomic E-state index is 13.2. The molecule has 0 bridgehead atoms. The van der Waals surface area contributed by atoms with Gasteiger partial charge in [-0.2, -0.15) is 4.39 Å². The molecule has 14 heavy (non-hydrogen) atoms. The molecular formula is C9H5FIN3. The van der Waals surface area contributed by atoms with E-state index in [-0.39, 0.29) is 0 Å². The van der Waals surface area contributed by atoms with Crippen LogP contribution in [0.2, 0.25) is 0 Å². The molecule has 0 fully saturated rings. The number of aromatic nitrogens is 3. The molecule has 0 aromatic carbocycles. The van der Waals surface area contributed by atoms with E-state index < -0.39 is 5.95 Å². The van der Waals surface area contributed by atoms with Crippen LogP contribution >= 0.6 is 22.6 Å². The molecule has 0 aliphatic heterocycles. The van der Waals surface area contributed by atoms with Gasteiger partial charge in [0.15, 0.2) is 0 Å². The number of rotatable bonds is 1. The molecule has 0 atom stereocenters. The fourth-order valence-electron chi connectivity index (χ4n) is 1.06. The van der Waals surface area contributed by atoms with E-state index in [1.165, 1.54) is 12.5 Å². The zero-order chi connectivity index (χ0) is 9.97. The average molecular weight is 301 g/mol. The van der Waals surface area contributed by atoms with Crippen molar-refractivity contribution in [3.05, 3.63) is 40.4 Å². The lowest BCUT2D eigenvalue weighted by Crippen LogP contribution is -1.92. The Bertz CT molecular complexity index is 461. The lowest BCUT2D eigenvalue weighted by molar-refractivity contribution is 0.587. The summed E-state index contributed by atoms with van der Waals surface area (Å²) < 4.78 is 14.0. The minimum Gasteiger partial charge on any atom is -0.236 e. The van der Waals surface area contributed by atoms with E-state index >= 15 is 0 Å². The summed E-state index contributed by atoms with van der Waals surface area (Å²) in [7, 11) is 0. The second-order valence-corrected chi connectivity index (χ2v) is 3.67. The van der Waals surface area contributed by atoms with Crippen LogP contribution in [-0.2, 0) is 0 Å². The highest BCUT2D eigenvalue weighted by atomic mass is 127. The van der Waals surface area contributed by atoms with Gasteiger partial charge in [0.2, 0.25) is 5.95 Å². The molecule has 0 amide bonds. The maximum absolute atomic E-state index is 13.2. The molecule has 3 nitrogen and oxygen atoms in total. The summed E-state index contributed by atoms with van der Waals surface area (Å²) in [4.78, 5) is 11.5. The second-order valence-electron chi connectivity index (χ2n) is 2.57. The lowest BCUT2D eigenvalue weighted by atomic mass is 10.2. The van der Waals surface area contributed by atoms with E-state index in [4.69, 9.17) is 0 Å². The standard InChI is InChI=1S/C9H5FIN3/c10-9-6(2-1-3-12-9)7-4-8(11)14-5-13-7/h1-5H. The molecule has 2 heterocycles. The molecule has 0 aliphatic carbocycles. The Balaban J connectivity index is 2.55. The first-order valence-corrected chi connectivity index (χ1v) is 4.93. The summed E-state index contributed by atoms with van der Waals surface area (Å²) in [5.41, 5.74) is 0.947. The van der Waals surface area contributed by atoms with E-state index in [1.54, 1.807) is 18.2 Å². The minimum absolute atomic E-state index is 0.396. The zero-order valence-electron chi connectivity index (χ0n) is 6.98. The lowest BCUT2D eigenvalue weighted by Gasteiger charge is -2.00. The largest absolute Gasteiger partial charge is 0.236 e. The van der Waals surface area contributed by atoms with Crippen molar-refractivity contribution in [2.75, 3.05) is 0 Å². The fourth-order valence-corrected chi connectivity index (χ4v) is 1.48. The summed E-state index contributed by atoms with van der Waals surface area (Å²) in [6.07, 6.45) is 2.81. The molecule has 70 valence electrons. The van der Waals surface area contributed by atoms with Crippen molar-refractivity contribution in [3.8, 4) is 11.3 Å². The third-order valence-electron chi connectivity index (χ3n) is 1.67. The van der Waals surface area contributed by atoms with Crippen molar-refractivity contribution in [1.29, 1.82) is 0 Å². The molecule has 2 aromatic heterocycles. The van der Waals surface area contributed by atoms with Gasteiger partial charge < -0.3 is 0 Å². The van der Waals surface area contributed by atoms with Crippen LogP contribution in [0.1, 0.15) is 0 Å². The smallest absolute Gasteiger partial charge is 0.222 e. The van der Waals surface area contributed by atoms with Gasteiger partial charge in [-0.1, -0.05) is 0 Å². The highest BCUT2D eigenvalue weighted by molar-refractivity contribution is 14.1. The summed E-state index contributed by atoms with van der Waals surface area (Å²) in [6, 6.07) is 5.02. The van der Waals surface area contributed by atoms with Crippen molar-refractivity contribution in [1.82, 2.24) is 15.0 Å². The van der Waals surface area contributed by atoms with E-state index in [2.05, 4.69) is 15.0 Å². The number of nitrogens with zero attached hydrogens (tertiary/aromatic N) is 3. The number of pyridine rings is 1. The highest BCUT2D eigenvalue weighted by Crippen LogP contribution is 2.18. The van der Waals surface area contributed by atoms with Gasteiger partial charge in [-0.15, -0.1) is 0 Å². The molecule has 0 unspecified atom stereocenters. The van der Waals surface area contributed by atoms with Gasteiger partial charge >= 0.3 is 0 Å². The summed E-state index contributed by atoms with van der Waals surface area (Å²) in [5, 5.41) is 0. The Morgan fingerprint density at radius 1 is 1.21 bits per heavy atom. The minimum atomic E-state index is -0.512. The molecule has 5 heteroatoms. The predicted molar refractivity (Wildman–Crippen MR) is 57.9 cm³/mol. The normalized spacial score (nSPS) is 10.1. The average Bonchev–Trinajstić information content (AvgIpc) is 2.18. The maximum Gasteiger partial charge on any atom is 0.222 e. The highest BCUT2D eigenvalue weighted by Gasteiger charge is 2.06. The van der Waals surface area contributed by atoms with E-state index in [0.29, 0.717) is 11.3 Å². The van der Waals surface area contributed by atoms with Crippen LogP contribution in [0.25, 0.3) is 11.3 Å². The molecule has 0 saturated carbocycles. The third-order valence-corrected chi connectivity index (χ3v) is 2.26. The van der Waals surface area contributed by atoms with Crippen molar-refractivity contribution in [2.45, 2.75) is 0 Å². The summed E-state index contributed by atoms with van der Waals surface area (Å²) in [5.74, 6) is -0.512. The van der Waals surface area contributed by atoms with E-state index in [1.807, 2.05) is 22.6 Å². The number of halogens is 2. The molecule has 0 aliphatic rings. The molecule has 0 N–H and O–H groups in total. The van der Waals surface area contributed by atoms with Gasteiger partial charge in [0.05, 0.1) is 11.3 Å². The van der Waals surface area contributed by atoms with Gasteiger partial charge in [-0.3, -0.25) is 0 Å². The first-order valence-electron chi connectivity index (χ1n) is 3.86. The first kappa shape index (κ1) is 9.45. The van der Waals surface area contributed by atoms with Crippen LogP contribution in [0, 0.1) is 9.65 Å². The third kappa shape index (κ3) is 1.87. The Hall–Kier alpha value is -1.11. The predicted octanol–water partition coefficient (Wildman–Crippen LogP) is 2.28. The monoisotopic (exact) mass is 301 g/mol. The van der Waals surface area contributed by atoms with Gasteiger partial charge in [-0.25, -0.2) is 15.0 Å². The van der Waals surface area contributed by atoms with Gasteiger partial charge in [0.25, 0.3) is 0 Å². The van der Waals surface area contributed by atoms with E-state index in [9.17, 15) is 4.39 Å². The molecule has 2 rings (SSSR count). The van der Waals surface area contributed by atoms with Crippen LogP contribution in [0.3, 0.4) is 0 Å². The number of hydrogen-bond acceptors (Lipinski definition) is 3. The zero-order valence-corrected chi connectivity index (χ0v) is 9.14. The van der Waals surface area contributed by atoms with E-state index in [0.717, 1.165) is 3.70 Å². The van der Waals surface area contributed by atoms with Gasteiger partial charge in [0.1, 0.15) is 10.0 Å². The first-order chi connectivity index (χ1) is 6.77. The quantitative estimate of drug-likeness (QED) is 0.461. The Kier molecular flexibility index (Phi) is 2.67. The molecular weight excluding hydrogens is 296 g/mol. The van der Waals surface area contributed by atoms with Crippen LogP contribution < -0.4 is 0 Å². The topological polar surface area (TPSA) is 38.7 Å². The number of hydrogen-bond donors (Lipinski definition) is 0. The molecule has 0 saturated heterocycles. The Morgan fingerprint density at radius 3 is 2.79 bits per heavy atom. The van der Waals surface area contributed by atoms with Crippen LogP contribution in [0.4, 0.5) is 4.39 Å². The summed E-state index contributed by atoms with van der Waals surface area (Å²) >= 11 is 2.05. The fraction of sp³-hybridized carbons (Fsp3) is 0. The molecule has 2 aromatic rings. The summed E-state index contributed by atoms with van der Waals surface area (Å²) in [6.45, 7) is 0. The Labute approximate surface area is 93.6 Å². The molecule has 0 radical (unpaired) electrons. The van der Waals surface area contributed by atoms with Crippen LogP contribution in [-0.4, -0.2) is 15.0 Å².